The Morgan fingerprint density at radius 1 is 1.12 bits per heavy atom. The van der Waals surface area contributed by atoms with E-state index in [1.807, 2.05) is 13.8 Å². The summed E-state index contributed by atoms with van der Waals surface area (Å²) in [6.45, 7) is 5.05. The Balaban J connectivity index is 1.43. The first-order valence-corrected chi connectivity index (χ1v) is 7.99. The van der Waals surface area contributed by atoms with E-state index in [0.29, 0.717) is 42.0 Å². The number of nitrogens with zero attached hydrogens (tertiary/aromatic N) is 5. The maximum atomic E-state index is 5.55. The third-order valence-electron chi connectivity index (χ3n) is 3.95. The highest BCUT2D eigenvalue weighted by molar-refractivity contribution is 5.87. The van der Waals surface area contributed by atoms with Crippen LogP contribution in [0, 0.1) is 13.8 Å². The molecule has 3 aromatic rings. The summed E-state index contributed by atoms with van der Waals surface area (Å²) in [6, 6.07) is 0. The number of aromatic nitrogens is 5. The van der Waals surface area contributed by atoms with Crippen LogP contribution in [0.15, 0.2) is 9.05 Å². The molecule has 126 valence electrons. The number of ether oxygens (including phenoxy) is 1. The van der Waals surface area contributed by atoms with Gasteiger partial charge >= 0.3 is 0 Å². The fraction of sp³-hybridized carbons (Fsp3) is 0.533. The maximum absolute atomic E-state index is 5.55. The highest BCUT2D eigenvalue weighted by atomic mass is 16.5. The lowest BCUT2D eigenvalue weighted by Gasteiger charge is -2.05. The van der Waals surface area contributed by atoms with Crippen LogP contribution < -0.4 is 5.32 Å². The molecule has 24 heavy (non-hydrogen) atoms. The zero-order chi connectivity index (χ0) is 16.5. The smallest absolute Gasteiger partial charge is 0.263 e. The molecular weight excluding hydrogens is 312 g/mol. The summed E-state index contributed by atoms with van der Waals surface area (Å²) in [6.07, 6.45) is 2.53. The first kappa shape index (κ1) is 15.0. The van der Waals surface area contributed by atoms with Crippen LogP contribution in [0.2, 0.25) is 0 Å². The molecule has 9 nitrogen and oxygen atoms in total. The average molecular weight is 330 g/mol. The lowest BCUT2D eigenvalue weighted by Crippen LogP contribution is -2.09. The summed E-state index contributed by atoms with van der Waals surface area (Å²) in [7, 11) is 0. The summed E-state index contributed by atoms with van der Waals surface area (Å²) in [5, 5.41) is 12.0. The molecule has 4 rings (SSSR count). The Bertz CT molecular complexity index is 852. The van der Waals surface area contributed by atoms with Gasteiger partial charge < -0.3 is 19.1 Å². The molecule has 1 aliphatic heterocycles. The van der Waals surface area contributed by atoms with Gasteiger partial charge in [0.25, 0.3) is 11.6 Å². The number of aryl methyl sites for hydroxylation is 2. The number of nitrogens with one attached hydrogen (secondary N) is 1. The lowest BCUT2D eigenvalue weighted by atomic mass is 10.2. The quantitative estimate of drug-likeness (QED) is 0.751. The normalized spacial score (nSPS) is 17.7. The van der Waals surface area contributed by atoms with E-state index >= 15 is 0 Å². The van der Waals surface area contributed by atoms with E-state index in [0.717, 1.165) is 30.5 Å². The molecule has 0 spiro atoms. The molecule has 1 atom stereocenters. The Kier molecular flexibility index (Phi) is 3.85. The highest BCUT2D eigenvalue weighted by Gasteiger charge is 2.23. The van der Waals surface area contributed by atoms with Crippen molar-refractivity contribution in [2.45, 2.75) is 39.2 Å². The molecule has 0 bridgehead atoms. The second kappa shape index (κ2) is 6.16. The maximum Gasteiger partial charge on any atom is 0.263 e. The van der Waals surface area contributed by atoms with Gasteiger partial charge in [-0.15, -0.1) is 0 Å². The fourth-order valence-electron chi connectivity index (χ4n) is 2.79. The molecule has 1 N–H and O–H groups in total. The summed E-state index contributed by atoms with van der Waals surface area (Å²) >= 11 is 0. The second-order valence-corrected chi connectivity index (χ2v) is 5.79. The third kappa shape index (κ3) is 2.82. The van der Waals surface area contributed by atoms with Gasteiger partial charge in [0.05, 0.1) is 5.69 Å². The summed E-state index contributed by atoms with van der Waals surface area (Å²) in [5.41, 5.74) is 1.25. The molecule has 0 amide bonds. The van der Waals surface area contributed by atoms with Gasteiger partial charge in [0.1, 0.15) is 23.1 Å². The SMILES string of the molecule is Cc1nc(NCCc2noc([C@H]3CCCO3)n2)c2c(C)noc2n1. The fourth-order valence-corrected chi connectivity index (χ4v) is 2.79. The standard InChI is InChI=1S/C15H18N6O3/c1-8-12-13(17-9(2)18-15(12)24-20-8)16-6-5-11-19-14(23-21-11)10-4-3-7-22-10/h10H,3-7H2,1-2H3,(H,16,17,18)/t10-/m1/s1. The van der Waals surface area contributed by atoms with E-state index in [2.05, 4.69) is 30.6 Å². The molecule has 0 radical (unpaired) electrons. The lowest BCUT2D eigenvalue weighted by molar-refractivity contribution is 0.0835. The number of anilines is 1. The molecule has 1 aliphatic rings. The van der Waals surface area contributed by atoms with Crippen LogP contribution in [0.3, 0.4) is 0 Å². The van der Waals surface area contributed by atoms with E-state index < -0.39 is 0 Å². The molecule has 4 heterocycles. The molecule has 3 aromatic heterocycles. The summed E-state index contributed by atoms with van der Waals surface area (Å²) in [4.78, 5) is 13.1. The van der Waals surface area contributed by atoms with Crippen LogP contribution in [-0.4, -0.2) is 38.4 Å². The molecule has 1 saturated heterocycles. The molecule has 9 heteroatoms. The predicted octanol–water partition coefficient (Wildman–Crippen LogP) is 2.12. The monoisotopic (exact) mass is 330 g/mol. The van der Waals surface area contributed by atoms with E-state index in [1.54, 1.807) is 0 Å². The number of fused-ring (bicyclic) bond motifs is 1. The Hall–Kier alpha value is -2.55. The zero-order valence-corrected chi connectivity index (χ0v) is 13.6. The molecule has 0 aliphatic carbocycles. The van der Waals surface area contributed by atoms with Crippen molar-refractivity contribution in [3.05, 3.63) is 23.2 Å². The van der Waals surface area contributed by atoms with Crippen molar-refractivity contribution in [2.24, 2.45) is 0 Å². The number of hydrogen-bond donors (Lipinski definition) is 1. The Labute approximate surface area is 137 Å². The van der Waals surface area contributed by atoms with E-state index in [4.69, 9.17) is 13.8 Å². The van der Waals surface area contributed by atoms with Crippen molar-refractivity contribution in [2.75, 3.05) is 18.5 Å². The van der Waals surface area contributed by atoms with Crippen LogP contribution in [0.1, 0.15) is 42.2 Å². The van der Waals surface area contributed by atoms with Crippen molar-refractivity contribution in [1.82, 2.24) is 25.3 Å². The minimum absolute atomic E-state index is 0.0528. The number of hydrogen-bond acceptors (Lipinski definition) is 9. The van der Waals surface area contributed by atoms with Crippen LogP contribution in [0.4, 0.5) is 5.82 Å². The predicted molar refractivity (Wildman–Crippen MR) is 83.5 cm³/mol. The minimum atomic E-state index is -0.0528. The van der Waals surface area contributed by atoms with Gasteiger partial charge in [-0.2, -0.15) is 9.97 Å². The van der Waals surface area contributed by atoms with Gasteiger partial charge in [-0.1, -0.05) is 10.3 Å². The van der Waals surface area contributed by atoms with Gasteiger partial charge in [-0.25, -0.2) is 4.98 Å². The van der Waals surface area contributed by atoms with Crippen LogP contribution >= 0.6 is 0 Å². The third-order valence-corrected chi connectivity index (χ3v) is 3.95. The van der Waals surface area contributed by atoms with E-state index in [1.165, 1.54) is 0 Å². The summed E-state index contributed by atoms with van der Waals surface area (Å²) in [5.74, 6) is 2.55. The minimum Gasteiger partial charge on any atom is -0.369 e. The topological polar surface area (TPSA) is 112 Å². The van der Waals surface area contributed by atoms with Crippen LogP contribution in [-0.2, 0) is 11.2 Å². The first-order chi connectivity index (χ1) is 11.7. The van der Waals surface area contributed by atoms with Gasteiger partial charge in [0, 0.05) is 19.6 Å². The van der Waals surface area contributed by atoms with Crippen LogP contribution in [0.25, 0.3) is 11.1 Å². The van der Waals surface area contributed by atoms with E-state index in [9.17, 15) is 0 Å². The molecular formula is C15H18N6O3. The van der Waals surface area contributed by atoms with Crippen molar-refractivity contribution in [3.63, 3.8) is 0 Å². The van der Waals surface area contributed by atoms with Crippen molar-refractivity contribution >= 4 is 16.9 Å². The highest BCUT2D eigenvalue weighted by Crippen LogP contribution is 2.27. The van der Waals surface area contributed by atoms with Gasteiger partial charge in [0.2, 0.25) is 0 Å². The molecule has 0 saturated carbocycles. The Morgan fingerprint density at radius 3 is 2.88 bits per heavy atom. The summed E-state index contributed by atoms with van der Waals surface area (Å²) < 4.78 is 16.0. The first-order valence-electron chi connectivity index (χ1n) is 7.99. The van der Waals surface area contributed by atoms with Crippen molar-refractivity contribution in [3.8, 4) is 0 Å². The number of rotatable bonds is 5. The van der Waals surface area contributed by atoms with Crippen LogP contribution in [0.5, 0.6) is 0 Å². The average Bonchev–Trinajstić information content (AvgIpc) is 3.28. The zero-order valence-electron chi connectivity index (χ0n) is 13.6. The van der Waals surface area contributed by atoms with Gasteiger partial charge in [-0.05, 0) is 26.7 Å². The van der Waals surface area contributed by atoms with Crippen molar-refractivity contribution in [1.29, 1.82) is 0 Å². The molecule has 0 aromatic carbocycles. The van der Waals surface area contributed by atoms with Crippen molar-refractivity contribution < 1.29 is 13.8 Å². The Morgan fingerprint density at radius 2 is 2.04 bits per heavy atom. The van der Waals surface area contributed by atoms with Gasteiger partial charge in [0.15, 0.2) is 5.82 Å². The van der Waals surface area contributed by atoms with E-state index in [-0.39, 0.29) is 6.10 Å². The molecule has 0 unspecified atom stereocenters. The van der Waals surface area contributed by atoms with Gasteiger partial charge in [-0.3, -0.25) is 0 Å². The largest absolute Gasteiger partial charge is 0.369 e. The molecule has 1 fully saturated rings. The second-order valence-electron chi connectivity index (χ2n) is 5.79.